The molecule has 3 aromatic rings. The third-order valence-electron chi connectivity index (χ3n) is 6.89. The molecule has 0 spiro atoms. The van der Waals surface area contributed by atoms with Gasteiger partial charge in [-0.15, -0.1) is 0 Å². The van der Waals surface area contributed by atoms with Crippen molar-refractivity contribution in [1.82, 2.24) is 24.8 Å². The number of aromatic carboxylic acids is 1. The molecular formula is C28H34ClFN6O2. The van der Waals surface area contributed by atoms with Crippen LogP contribution in [-0.4, -0.2) is 68.6 Å². The third kappa shape index (κ3) is 6.64. The Morgan fingerprint density at radius 3 is 2.39 bits per heavy atom. The van der Waals surface area contributed by atoms with Gasteiger partial charge in [-0.25, -0.2) is 14.2 Å². The van der Waals surface area contributed by atoms with Crippen LogP contribution >= 0.6 is 11.6 Å². The number of piperazine rings is 1. The lowest BCUT2D eigenvalue weighted by Gasteiger charge is -2.36. The smallest absolute Gasteiger partial charge is 0.339 e. The minimum absolute atomic E-state index is 0.104. The Balaban J connectivity index is 1.33. The molecule has 10 heteroatoms. The Hall–Kier alpha value is -3.14. The van der Waals surface area contributed by atoms with Crippen molar-refractivity contribution in [3.8, 4) is 0 Å². The number of pyridine rings is 1. The van der Waals surface area contributed by atoms with Crippen LogP contribution < -0.4 is 4.90 Å². The predicted octanol–water partition coefficient (Wildman–Crippen LogP) is 4.83. The largest absolute Gasteiger partial charge is 0.478 e. The Morgan fingerprint density at radius 2 is 1.79 bits per heavy atom. The number of benzene rings is 1. The molecule has 202 valence electrons. The van der Waals surface area contributed by atoms with Crippen molar-refractivity contribution in [2.24, 2.45) is 0 Å². The molecule has 0 amide bonds. The molecule has 2 aromatic heterocycles. The minimum Gasteiger partial charge on any atom is -0.478 e. The molecule has 0 bridgehead atoms. The maximum Gasteiger partial charge on any atom is 0.339 e. The fourth-order valence-corrected chi connectivity index (χ4v) is 4.94. The zero-order valence-corrected chi connectivity index (χ0v) is 22.8. The van der Waals surface area contributed by atoms with Crippen molar-refractivity contribution in [3.05, 3.63) is 81.8 Å². The van der Waals surface area contributed by atoms with Gasteiger partial charge in [-0.05, 0) is 36.2 Å². The van der Waals surface area contributed by atoms with Gasteiger partial charge in [0, 0.05) is 62.6 Å². The van der Waals surface area contributed by atoms with Crippen molar-refractivity contribution in [2.75, 3.05) is 37.6 Å². The first-order valence-corrected chi connectivity index (χ1v) is 13.3. The number of hydrogen-bond donors (Lipinski definition) is 1. The summed E-state index contributed by atoms with van der Waals surface area (Å²) < 4.78 is 14.2. The van der Waals surface area contributed by atoms with Crippen LogP contribution in [0, 0.1) is 5.82 Å². The van der Waals surface area contributed by atoms with Gasteiger partial charge in [-0.1, -0.05) is 38.4 Å². The van der Waals surface area contributed by atoms with Gasteiger partial charge in [-0.3, -0.25) is 19.8 Å². The first-order valence-electron chi connectivity index (χ1n) is 12.9. The molecule has 1 N–H and O–H groups in total. The highest BCUT2D eigenvalue weighted by atomic mass is 35.5. The second kappa shape index (κ2) is 12.6. The zero-order valence-electron chi connectivity index (χ0n) is 22.1. The monoisotopic (exact) mass is 540 g/mol. The SMILES string of the molecule is CCN(Cc1cnc(CN2CCN(c3nccc(C(C)C)c3C(=O)O)CC2)cn1)Cc1c(F)cccc1Cl. The van der Waals surface area contributed by atoms with Gasteiger partial charge < -0.3 is 10.0 Å². The molecule has 38 heavy (non-hydrogen) atoms. The second-order valence-electron chi connectivity index (χ2n) is 9.82. The van der Waals surface area contributed by atoms with E-state index < -0.39 is 5.97 Å². The van der Waals surface area contributed by atoms with Crippen LogP contribution in [0.15, 0.2) is 42.9 Å². The number of carboxylic acids is 1. The third-order valence-corrected chi connectivity index (χ3v) is 7.25. The standard InChI is InChI=1S/C28H34ClFN6O2/c1-4-34(18-23-24(29)6-5-7-25(23)30)16-20-14-33-21(15-32-20)17-35-10-12-36(13-11-35)27-26(28(37)38)22(19(2)3)8-9-31-27/h5-9,14-15,19H,4,10-13,16-18H2,1-3H3,(H,37,38). The summed E-state index contributed by atoms with van der Waals surface area (Å²) in [6, 6.07) is 6.53. The molecule has 4 rings (SSSR count). The summed E-state index contributed by atoms with van der Waals surface area (Å²) in [4.78, 5) is 32.1. The number of carboxylic acid groups (broad SMARTS) is 1. The summed E-state index contributed by atoms with van der Waals surface area (Å²) in [5.41, 5.74) is 3.27. The Morgan fingerprint density at radius 1 is 1.08 bits per heavy atom. The summed E-state index contributed by atoms with van der Waals surface area (Å²) in [5, 5.41) is 10.3. The molecule has 0 unspecified atom stereocenters. The summed E-state index contributed by atoms with van der Waals surface area (Å²) >= 11 is 6.20. The fraction of sp³-hybridized carbons (Fsp3) is 0.429. The number of nitrogens with zero attached hydrogens (tertiary/aromatic N) is 6. The average Bonchev–Trinajstić information content (AvgIpc) is 2.91. The van der Waals surface area contributed by atoms with E-state index >= 15 is 0 Å². The molecule has 1 aliphatic heterocycles. The van der Waals surface area contributed by atoms with Crippen molar-refractivity contribution >= 4 is 23.4 Å². The summed E-state index contributed by atoms with van der Waals surface area (Å²) in [6.45, 7) is 11.2. The van der Waals surface area contributed by atoms with E-state index in [9.17, 15) is 14.3 Å². The molecule has 1 aliphatic rings. The van der Waals surface area contributed by atoms with Gasteiger partial charge in [0.15, 0.2) is 0 Å². The molecular weight excluding hydrogens is 507 g/mol. The number of halogens is 2. The molecule has 1 aromatic carbocycles. The first-order chi connectivity index (χ1) is 18.3. The number of carbonyl (C=O) groups is 1. The normalized spacial score (nSPS) is 14.4. The van der Waals surface area contributed by atoms with E-state index in [4.69, 9.17) is 11.6 Å². The Bertz CT molecular complexity index is 1230. The summed E-state index contributed by atoms with van der Waals surface area (Å²) in [7, 11) is 0. The molecule has 0 aliphatic carbocycles. The molecule has 3 heterocycles. The van der Waals surface area contributed by atoms with E-state index in [-0.39, 0.29) is 11.7 Å². The predicted molar refractivity (Wildman–Crippen MR) is 146 cm³/mol. The van der Waals surface area contributed by atoms with Gasteiger partial charge in [0.25, 0.3) is 0 Å². The van der Waals surface area contributed by atoms with E-state index in [0.29, 0.717) is 54.7 Å². The highest BCUT2D eigenvalue weighted by molar-refractivity contribution is 6.31. The maximum atomic E-state index is 14.2. The van der Waals surface area contributed by atoms with Gasteiger partial charge in [0.1, 0.15) is 17.2 Å². The Kier molecular flexibility index (Phi) is 9.25. The van der Waals surface area contributed by atoms with Crippen LogP contribution in [0.2, 0.25) is 5.02 Å². The van der Waals surface area contributed by atoms with Crippen LogP contribution in [0.5, 0.6) is 0 Å². The van der Waals surface area contributed by atoms with Gasteiger partial charge in [-0.2, -0.15) is 0 Å². The zero-order chi connectivity index (χ0) is 27.2. The van der Waals surface area contributed by atoms with E-state index in [1.165, 1.54) is 6.07 Å². The van der Waals surface area contributed by atoms with Crippen molar-refractivity contribution < 1.29 is 14.3 Å². The lowest BCUT2D eigenvalue weighted by atomic mass is 9.98. The van der Waals surface area contributed by atoms with Crippen LogP contribution in [0.25, 0.3) is 0 Å². The van der Waals surface area contributed by atoms with E-state index in [2.05, 4.69) is 29.7 Å². The van der Waals surface area contributed by atoms with Crippen molar-refractivity contribution in [1.29, 1.82) is 0 Å². The van der Waals surface area contributed by atoms with E-state index in [0.717, 1.165) is 36.6 Å². The van der Waals surface area contributed by atoms with Gasteiger partial charge in [0.05, 0.1) is 23.8 Å². The van der Waals surface area contributed by atoms with Crippen molar-refractivity contribution in [2.45, 2.75) is 46.3 Å². The number of rotatable bonds is 10. The number of aromatic nitrogens is 3. The van der Waals surface area contributed by atoms with Crippen LogP contribution in [0.1, 0.15) is 59.6 Å². The highest BCUT2D eigenvalue weighted by Crippen LogP contribution is 2.28. The van der Waals surface area contributed by atoms with E-state index in [1.54, 1.807) is 36.8 Å². The molecule has 0 radical (unpaired) electrons. The quantitative estimate of drug-likeness (QED) is 0.391. The highest BCUT2D eigenvalue weighted by Gasteiger charge is 2.26. The summed E-state index contributed by atoms with van der Waals surface area (Å²) in [6.07, 6.45) is 5.27. The summed E-state index contributed by atoms with van der Waals surface area (Å²) in [5.74, 6) is -0.592. The lowest BCUT2D eigenvalue weighted by molar-refractivity contribution is 0.0695. The van der Waals surface area contributed by atoms with Gasteiger partial charge >= 0.3 is 5.97 Å². The first kappa shape index (κ1) is 27.9. The molecule has 1 saturated heterocycles. The lowest BCUT2D eigenvalue weighted by Crippen LogP contribution is -2.46. The van der Waals surface area contributed by atoms with Crippen LogP contribution in [0.3, 0.4) is 0 Å². The average molecular weight is 541 g/mol. The van der Waals surface area contributed by atoms with E-state index in [1.807, 2.05) is 20.8 Å². The number of anilines is 1. The fourth-order valence-electron chi connectivity index (χ4n) is 4.71. The molecule has 1 fully saturated rings. The maximum absolute atomic E-state index is 14.2. The molecule has 8 nitrogen and oxygen atoms in total. The number of hydrogen-bond acceptors (Lipinski definition) is 7. The second-order valence-corrected chi connectivity index (χ2v) is 10.2. The van der Waals surface area contributed by atoms with Crippen LogP contribution in [0.4, 0.5) is 10.2 Å². The topological polar surface area (TPSA) is 85.7 Å². The van der Waals surface area contributed by atoms with Crippen molar-refractivity contribution in [3.63, 3.8) is 0 Å². The molecule has 0 atom stereocenters. The molecule has 0 saturated carbocycles. The minimum atomic E-state index is -0.937. The van der Waals surface area contributed by atoms with Gasteiger partial charge in [0.2, 0.25) is 0 Å². The van der Waals surface area contributed by atoms with Crippen LogP contribution in [-0.2, 0) is 19.6 Å². The Labute approximate surface area is 228 Å².